The van der Waals surface area contributed by atoms with Crippen LogP contribution >= 0.6 is 0 Å². The Bertz CT molecular complexity index is 466. The number of nitrogens with zero attached hydrogens (tertiary/aromatic N) is 1. The standard InChI is InChI=1S/C15H20NO.Li/c1-12-13(7-6-10-15(12)17-2)11-16-14-8-4-3-5-9-14;/h6-7,10-11,14H,1,3-5,8-9H2,2H3;/q-1;+1/b13-11+;. The van der Waals surface area contributed by atoms with Crippen LogP contribution in [0, 0.1) is 0 Å². The maximum Gasteiger partial charge on any atom is 1.00 e. The summed E-state index contributed by atoms with van der Waals surface area (Å²) in [6.45, 7) is 4.04. The molecule has 1 aromatic carbocycles. The smallest absolute Gasteiger partial charge is 0.687 e. The van der Waals surface area contributed by atoms with Gasteiger partial charge in [0, 0.05) is 5.22 Å². The summed E-state index contributed by atoms with van der Waals surface area (Å²) in [5.74, 6) is 0.831. The molecule has 0 N–H and O–H groups in total. The fourth-order valence-corrected chi connectivity index (χ4v) is 2.31. The summed E-state index contributed by atoms with van der Waals surface area (Å²) in [5.41, 5.74) is 0. The quantitative estimate of drug-likeness (QED) is 0.653. The number of rotatable bonds is 3. The van der Waals surface area contributed by atoms with Gasteiger partial charge in [0.15, 0.2) is 0 Å². The molecule has 18 heavy (non-hydrogen) atoms. The number of benzene rings is 1. The van der Waals surface area contributed by atoms with Crippen molar-refractivity contribution in [3.8, 4) is 5.75 Å². The Hall–Kier alpha value is -0.843. The fraction of sp³-hybridized carbons (Fsp3) is 0.467. The number of ether oxygens (including phenoxy) is 1. The zero-order valence-corrected chi connectivity index (χ0v) is 11.5. The maximum atomic E-state index is 5.25. The SMILES string of the molecule is C=c1c(OC)ccc/c1=C\[N-]C1CCCCC1.[Li+]. The molecular weight excluding hydrogens is 217 g/mol. The van der Waals surface area contributed by atoms with Gasteiger partial charge < -0.3 is 10.1 Å². The van der Waals surface area contributed by atoms with Gasteiger partial charge in [-0.3, -0.25) is 0 Å². The van der Waals surface area contributed by atoms with Crippen molar-refractivity contribution in [3.05, 3.63) is 34.0 Å². The largest absolute Gasteiger partial charge is 1.00 e. The Morgan fingerprint density at radius 1 is 1.28 bits per heavy atom. The third kappa shape index (κ3) is 3.83. The molecular formula is C15H20LiNO. The van der Waals surface area contributed by atoms with E-state index in [-0.39, 0.29) is 18.9 Å². The summed E-state index contributed by atoms with van der Waals surface area (Å²) < 4.78 is 5.25. The van der Waals surface area contributed by atoms with Gasteiger partial charge in [-0.2, -0.15) is 6.20 Å². The first-order valence-electron chi connectivity index (χ1n) is 6.33. The van der Waals surface area contributed by atoms with Crippen molar-refractivity contribution in [2.45, 2.75) is 38.1 Å². The van der Waals surface area contributed by atoms with Crippen molar-refractivity contribution in [1.82, 2.24) is 0 Å². The zero-order chi connectivity index (χ0) is 12.1. The molecule has 0 spiro atoms. The molecule has 1 aliphatic rings. The van der Waals surface area contributed by atoms with Crippen LogP contribution in [-0.2, 0) is 0 Å². The van der Waals surface area contributed by atoms with E-state index < -0.39 is 0 Å². The van der Waals surface area contributed by atoms with E-state index in [2.05, 4.69) is 11.9 Å². The molecule has 0 bridgehead atoms. The summed E-state index contributed by atoms with van der Waals surface area (Å²) in [5, 5.41) is 6.66. The molecule has 1 aromatic rings. The first kappa shape index (κ1) is 15.2. The maximum absolute atomic E-state index is 5.25. The van der Waals surface area contributed by atoms with Crippen LogP contribution in [0.25, 0.3) is 18.1 Å². The monoisotopic (exact) mass is 237 g/mol. The molecule has 0 unspecified atom stereocenters. The van der Waals surface area contributed by atoms with Crippen LogP contribution in [0.4, 0.5) is 0 Å². The van der Waals surface area contributed by atoms with Crippen LogP contribution in [0.1, 0.15) is 32.1 Å². The van der Waals surface area contributed by atoms with Crippen LogP contribution in [0.2, 0.25) is 0 Å². The van der Waals surface area contributed by atoms with Crippen molar-refractivity contribution in [3.63, 3.8) is 0 Å². The van der Waals surface area contributed by atoms with Gasteiger partial charge in [-0.25, -0.2) is 0 Å². The third-order valence-electron chi connectivity index (χ3n) is 3.39. The van der Waals surface area contributed by atoms with Crippen LogP contribution in [0.3, 0.4) is 0 Å². The summed E-state index contributed by atoms with van der Waals surface area (Å²) in [6.07, 6.45) is 8.42. The normalized spacial score (nSPS) is 17.1. The summed E-state index contributed by atoms with van der Waals surface area (Å²) in [4.78, 5) is 0. The molecule has 0 amide bonds. The second-order valence-corrected chi connectivity index (χ2v) is 4.60. The van der Waals surface area contributed by atoms with Crippen molar-refractivity contribution in [2.75, 3.05) is 7.11 Å². The van der Waals surface area contributed by atoms with Crippen LogP contribution < -0.4 is 34.0 Å². The molecule has 1 fully saturated rings. The van der Waals surface area contributed by atoms with Crippen molar-refractivity contribution < 1.29 is 23.6 Å². The number of hydrogen-bond donors (Lipinski definition) is 0. The van der Waals surface area contributed by atoms with Gasteiger partial charge in [0.05, 0.1) is 7.11 Å². The van der Waals surface area contributed by atoms with Crippen molar-refractivity contribution in [1.29, 1.82) is 0 Å². The van der Waals surface area contributed by atoms with E-state index in [1.807, 2.05) is 24.4 Å². The van der Waals surface area contributed by atoms with Gasteiger partial charge in [-0.1, -0.05) is 50.8 Å². The van der Waals surface area contributed by atoms with Crippen molar-refractivity contribution >= 4 is 12.8 Å². The Kier molecular flexibility index (Phi) is 6.39. The molecule has 1 saturated carbocycles. The Morgan fingerprint density at radius 2 is 2.00 bits per heavy atom. The van der Waals surface area contributed by atoms with E-state index in [0.717, 1.165) is 16.2 Å². The van der Waals surface area contributed by atoms with E-state index >= 15 is 0 Å². The molecule has 1 aliphatic carbocycles. The Balaban J connectivity index is 0.00000162. The van der Waals surface area contributed by atoms with Gasteiger partial charge in [0.1, 0.15) is 5.75 Å². The van der Waals surface area contributed by atoms with E-state index in [1.165, 1.54) is 32.1 Å². The first-order valence-corrected chi connectivity index (χ1v) is 6.33. The topological polar surface area (TPSA) is 23.3 Å². The minimum atomic E-state index is 0. The predicted molar refractivity (Wildman–Crippen MR) is 72.5 cm³/mol. The zero-order valence-electron chi connectivity index (χ0n) is 11.5. The Morgan fingerprint density at radius 3 is 2.67 bits per heavy atom. The summed E-state index contributed by atoms with van der Waals surface area (Å²) in [6, 6.07) is 6.46. The molecule has 0 saturated heterocycles. The average Bonchev–Trinajstić information content (AvgIpc) is 2.39. The van der Waals surface area contributed by atoms with Gasteiger partial charge in [0.25, 0.3) is 0 Å². The molecule has 2 rings (SSSR count). The molecule has 3 heteroatoms. The second kappa shape index (κ2) is 7.56. The average molecular weight is 237 g/mol. The van der Waals surface area contributed by atoms with Crippen LogP contribution in [0.15, 0.2) is 18.2 Å². The summed E-state index contributed by atoms with van der Waals surface area (Å²) in [7, 11) is 1.67. The van der Waals surface area contributed by atoms with E-state index in [9.17, 15) is 0 Å². The summed E-state index contributed by atoms with van der Waals surface area (Å²) >= 11 is 0. The van der Waals surface area contributed by atoms with Crippen LogP contribution in [-0.4, -0.2) is 13.2 Å². The molecule has 0 atom stereocenters. The third-order valence-corrected chi connectivity index (χ3v) is 3.39. The molecule has 92 valence electrons. The minimum Gasteiger partial charge on any atom is -0.687 e. The molecule has 0 aliphatic heterocycles. The Labute approximate surface area is 121 Å². The van der Waals surface area contributed by atoms with Gasteiger partial charge in [-0.05, 0) is 11.3 Å². The van der Waals surface area contributed by atoms with Crippen LogP contribution in [0.5, 0.6) is 5.75 Å². The predicted octanol–water partition coefficient (Wildman–Crippen LogP) is -0.446. The first-order chi connectivity index (χ1) is 8.31. The number of hydrogen-bond acceptors (Lipinski definition) is 1. The number of methoxy groups -OCH3 is 1. The van der Waals surface area contributed by atoms with Crippen molar-refractivity contribution in [2.24, 2.45) is 0 Å². The van der Waals surface area contributed by atoms with E-state index in [4.69, 9.17) is 4.74 Å². The fourth-order valence-electron chi connectivity index (χ4n) is 2.31. The van der Waals surface area contributed by atoms with E-state index in [0.29, 0.717) is 6.04 Å². The molecule has 0 radical (unpaired) electrons. The molecule has 2 nitrogen and oxygen atoms in total. The van der Waals surface area contributed by atoms with Gasteiger partial charge >= 0.3 is 18.9 Å². The van der Waals surface area contributed by atoms with Gasteiger partial charge in [0.2, 0.25) is 0 Å². The second-order valence-electron chi connectivity index (χ2n) is 4.60. The molecule has 0 heterocycles. The molecule has 0 aromatic heterocycles. The van der Waals surface area contributed by atoms with E-state index in [1.54, 1.807) is 7.11 Å². The minimum absolute atomic E-state index is 0. The van der Waals surface area contributed by atoms with Gasteiger partial charge in [-0.15, -0.1) is 6.04 Å².